The molecular weight excluding hydrogens is 354 g/mol. The summed E-state index contributed by atoms with van der Waals surface area (Å²) in [4.78, 5) is 24.4. The highest BCUT2D eigenvalue weighted by atomic mass is 32.1. The minimum Gasteiger partial charge on any atom is -0.338 e. The highest BCUT2D eigenvalue weighted by Gasteiger charge is 2.26. The van der Waals surface area contributed by atoms with Crippen LogP contribution in [0, 0.1) is 12.8 Å². The van der Waals surface area contributed by atoms with Crippen LogP contribution in [0.25, 0.3) is 10.6 Å². The van der Waals surface area contributed by atoms with Crippen molar-refractivity contribution in [3.63, 3.8) is 0 Å². The van der Waals surface area contributed by atoms with Crippen molar-refractivity contribution >= 4 is 17.2 Å². The summed E-state index contributed by atoms with van der Waals surface area (Å²) in [6.07, 6.45) is 6.75. The van der Waals surface area contributed by atoms with Crippen molar-refractivity contribution in [2.24, 2.45) is 5.92 Å². The Hall–Kier alpha value is -2.53. The lowest BCUT2D eigenvalue weighted by Gasteiger charge is -2.32. The number of pyridine rings is 1. The summed E-state index contributed by atoms with van der Waals surface area (Å²) in [5.74, 6) is 0.787. The Morgan fingerprint density at radius 2 is 1.81 bits per heavy atom. The second-order valence-corrected chi connectivity index (χ2v) is 8.09. The molecule has 138 valence electrons. The number of hydrogen-bond acceptors (Lipinski definition) is 4. The summed E-state index contributed by atoms with van der Waals surface area (Å²) in [5.41, 5.74) is 3.23. The van der Waals surface area contributed by atoms with Crippen LogP contribution in [0.5, 0.6) is 0 Å². The Morgan fingerprint density at radius 3 is 2.52 bits per heavy atom. The number of hydrogen-bond donors (Lipinski definition) is 0. The van der Waals surface area contributed by atoms with Gasteiger partial charge in [0.15, 0.2) is 0 Å². The summed E-state index contributed by atoms with van der Waals surface area (Å²) < 4.78 is 0. The predicted molar refractivity (Wildman–Crippen MR) is 109 cm³/mol. The van der Waals surface area contributed by atoms with Gasteiger partial charge in [-0.1, -0.05) is 30.3 Å². The van der Waals surface area contributed by atoms with E-state index in [-0.39, 0.29) is 5.91 Å². The third kappa shape index (κ3) is 4.08. The average Bonchev–Trinajstić information content (AvgIpc) is 3.11. The van der Waals surface area contributed by atoms with Crippen LogP contribution in [0.4, 0.5) is 0 Å². The van der Waals surface area contributed by atoms with Crippen molar-refractivity contribution < 1.29 is 4.79 Å². The monoisotopic (exact) mass is 377 g/mol. The molecule has 1 aliphatic rings. The molecule has 4 rings (SSSR count). The highest BCUT2D eigenvalue weighted by Crippen LogP contribution is 2.30. The van der Waals surface area contributed by atoms with Crippen molar-refractivity contribution in [3.8, 4) is 10.6 Å². The van der Waals surface area contributed by atoms with Crippen molar-refractivity contribution in [1.82, 2.24) is 14.9 Å². The number of carbonyl (C=O) groups excluding carboxylic acids is 1. The molecule has 3 aromatic rings. The van der Waals surface area contributed by atoms with Crippen LogP contribution in [-0.4, -0.2) is 33.9 Å². The lowest BCUT2D eigenvalue weighted by atomic mass is 9.90. The van der Waals surface area contributed by atoms with E-state index < -0.39 is 0 Å². The zero-order chi connectivity index (χ0) is 18.6. The van der Waals surface area contributed by atoms with Gasteiger partial charge in [-0.25, -0.2) is 4.98 Å². The van der Waals surface area contributed by atoms with Crippen LogP contribution >= 0.6 is 11.3 Å². The Morgan fingerprint density at radius 1 is 1.11 bits per heavy atom. The van der Waals surface area contributed by atoms with Crippen molar-refractivity contribution in [3.05, 3.63) is 71.0 Å². The molecule has 27 heavy (non-hydrogen) atoms. The molecule has 1 aliphatic heterocycles. The molecule has 0 aliphatic carbocycles. The Kier molecular flexibility index (Phi) is 5.30. The number of piperidine rings is 1. The largest absolute Gasteiger partial charge is 0.338 e. The SMILES string of the molecule is Cc1nc(-c2ccncc2)sc1C(=O)N1CCC(Cc2ccccc2)CC1. The molecule has 0 radical (unpaired) electrons. The molecule has 0 atom stereocenters. The number of amides is 1. The van der Waals surface area contributed by atoms with E-state index in [1.54, 1.807) is 12.4 Å². The van der Waals surface area contributed by atoms with Gasteiger partial charge >= 0.3 is 0 Å². The van der Waals surface area contributed by atoms with Gasteiger partial charge in [0.1, 0.15) is 9.88 Å². The zero-order valence-electron chi connectivity index (χ0n) is 15.5. The average molecular weight is 378 g/mol. The fourth-order valence-electron chi connectivity index (χ4n) is 3.64. The second-order valence-electron chi connectivity index (χ2n) is 7.09. The quantitative estimate of drug-likeness (QED) is 0.667. The molecule has 2 aromatic heterocycles. The summed E-state index contributed by atoms with van der Waals surface area (Å²) in [7, 11) is 0. The van der Waals surface area contributed by atoms with Gasteiger partial charge in [-0.05, 0) is 49.8 Å². The fourth-order valence-corrected chi connectivity index (χ4v) is 4.68. The minimum atomic E-state index is 0.128. The van der Waals surface area contributed by atoms with E-state index in [2.05, 4.69) is 40.3 Å². The van der Waals surface area contributed by atoms with E-state index in [9.17, 15) is 4.79 Å². The summed E-state index contributed by atoms with van der Waals surface area (Å²) in [6, 6.07) is 14.5. The van der Waals surface area contributed by atoms with E-state index >= 15 is 0 Å². The highest BCUT2D eigenvalue weighted by molar-refractivity contribution is 7.17. The Balaban J connectivity index is 1.40. The van der Waals surface area contributed by atoms with Crippen LogP contribution in [0.2, 0.25) is 0 Å². The first kappa shape index (κ1) is 17.9. The number of aromatic nitrogens is 2. The molecule has 0 saturated carbocycles. The Labute approximate surface area is 163 Å². The first-order valence-corrected chi connectivity index (χ1v) is 10.2. The van der Waals surface area contributed by atoms with Gasteiger partial charge in [0.05, 0.1) is 5.69 Å². The van der Waals surface area contributed by atoms with Gasteiger partial charge < -0.3 is 4.90 Å². The molecule has 3 heterocycles. The molecule has 4 nitrogen and oxygen atoms in total. The number of rotatable bonds is 4. The first-order chi connectivity index (χ1) is 13.2. The maximum absolute atomic E-state index is 13.0. The van der Waals surface area contributed by atoms with Gasteiger partial charge in [0.2, 0.25) is 0 Å². The molecule has 0 spiro atoms. The first-order valence-electron chi connectivity index (χ1n) is 9.42. The molecule has 0 unspecified atom stereocenters. The number of aryl methyl sites for hydroxylation is 1. The van der Waals surface area contributed by atoms with Crippen molar-refractivity contribution in [2.75, 3.05) is 13.1 Å². The van der Waals surface area contributed by atoms with Crippen LogP contribution in [0.15, 0.2) is 54.9 Å². The lowest BCUT2D eigenvalue weighted by Crippen LogP contribution is -2.38. The van der Waals surface area contributed by atoms with E-state index in [4.69, 9.17) is 0 Å². The number of benzene rings is 1. The molecule has 1 amide bonds. The van der Waals surface area contributed by atoms with Gasteiger partial charge in [-0.15, -0.1) is 11.3 Å². The summed E-state index contributed by atoms with van der Waals surface area (Å²) >= 11 is 1.49. The molecule has 1 aromatic carbocycles. The molecule has 5 heteroatoms. The third-order valence-electron chi connectivity index (χ3n) is 5.19. The second kappa shape index (κ2) is 8.01. The Bertz CT molecular complexity index is 900. The smallest absolute Gasteiger partial charge is 0.265 e. The van der Waals surface area contributed by atoms with E-state index in [1.807, 2.05) is 24.0 Å². The lowest BCUT2D eigenvalue weighted by molar-refractivity contribution is 0.0694. The maximum atomic E-state index is 13.0. The van der Waals surface area contributed by atoms with Crippen molar-refractivity contribution in [1.29, 1.82) is 0 Å². The summed E-state index contributed by atoms with van der Waals surface area (Å²) in [6.45, 7) is 3.59. The molecule has 0 N–H and O–H groups in total. The normalized spacial score (nSPS) is 15.1. The van der Waals surface area contributed by atoms with E-state index in [0.29, 0.717) is 5.92 Å². The summed E-state index contributed by atoms with van der Waals surface area (Å²) in [5, 5.41) is 0.886. The van der Waals surface area contributed by atoms with Gasteiger partial charge in [0.25, 0.3) is 5.91 Å². The number of thiazole rings is 1. The van der Waals surface area contributed by atoms with Crippen LogP contribution in [-0.2, 0) is 6.42 Å². The molecular formula is C22H23N3OS. The topological polar surface area (TPSA) is 46.1 Å². The molecule has 1 fully saturated rings. The number of likely N-dealkylation sites (tertiary alicyclic amines) is 1. The van der Waals surface area contributed by atoms with Crippen LogP contribution < -0.4 is 0 Å². The number of nitrogens with zero attached hydrogens (tertiary/aromatic N) is 3. The minimum absolute atomic E-state index is 0.128. The van der Waals surface area contributed by atoms with Crippen molar-refractivity contribution in [2.45, 2.75) is 26.2 Å². The van der Waals surface area contributed by atoms with E-state index in [1.165, 1.54) is 16.9 Å². The third-order valence-corrected chi connectivity index (χ3v) is 6.38. The standard InChI is InChI=1S/C22H23N3OS/c1-16-20(27-21(24-16)19-7-11-23-12-8-19)22(26)25-13-9-18(10-14-25)15-17-5-3-2-4-6-17/h2-8,11-12,18H,9-10,13-15H2,1H3. The van der Waals surface area contributed by atoms with Gasteiger partial charge in [0, 0.05) is 31.0 Å². The van der Waals surface area contributed by atoms with Gasteiger partial charge in [-0.3, -0.25) is 9.78 Å². The van der Waals surface area contributed by atoms with Gasteiger partial charge in [-0.2, -0.15) is 0 Å². The van der Waals surface area contributed by atoms with E-state index in [0.717, 1.165) is 53.5 Å². The van der Waals surface area contributed by atoms with Crippen LogP contribution in [0.1, 0.15) is 33.8 Å². The predicted octanol–water partition coefficient (Wildman–Crippen LogP) is 4.61. The number of carbonyl (C=O) groups is 1. The fraction of sp³-hybridized carbons (Fsp3) is 0.318. The molecule has 1 saturated heterocycles. The maximum Gasteiger partial charge on any atom is 0.265 e. The molecule has 0 bridgehead atoms. The van der Waals surface area contributed by atoms with Crippen LogP contribution in [0.3, 0.4) is 0 Å². The zero-order valence-corrected chi connectivity index (χ0v) is 16.3.